The lowest BCUT2D eigenvalue weighted by atomic mass is 10.1. The molecule has 0 aliphatic heterocycles. The summed E-state index contributed by atoms with van der Waals surface area (Å²) in [6.45, 7) is 0.624. The SMILES string of the molecule is COc1ccc2c(c1)CC=C2CN. The molecule has 0 saturated heterocycles. The molecule has 2 rings (SSSR count). The number of rotatable bonds is 2. The second-order valence-corrected chi connectivity index (χ2v) is 3.16. The molecule has 0 bridgehead atoms. The molecule has 1 aromatic rings. The normalized spacial score (nSPS) is 13.8. The fraction of sp³-hybridized carbons (Fsp3) is 0.273. The highest BCUT2D eigenvalue weighted by Gasteiger charge is 2.12. The van der Waals surface area contributed by atoms with Gasteiger partial charge in [0.25, 0.3) is 0 Å². The van der Waals surface area contributed by atoms with Crippen molar-refractivity contribution >= 4 is 5.57 Å². The molecule has 0 saturated carbocycles. The molecule has 0 amide bonds. The summed E-state index contributed by atoms with van der Waals surface area (Å²) in [5.74, 6) is 0.922. The molecule has 0 spiro atoms. The van der Waals surface area contributed by atoms with E-state index in [0.29, 0.717) is 6.54 Å². The molecule has 2 N–H and O–H groups in total. The van der Waals surface area contributed by atoms with Gasteiger partial charge in [-0.15, -0.1) is 0 Å². The van der Waals surface area contributed by atoms with Crippen molar-refractivity contribution in [2.75, 3.05) is 13.7 Å². The summed E-state index contributed by atoms with van der Waals surface area (Å²) in [6.07, 6.45) is 3.17. The van der Waals surface area contributed by atoms with Gasteiger partial charge in [-0.3, -0.25) is 0 Å². The predicted molar refractivity (Wildman–Crippen MR) is 53.7 cm³/mol. The van der Waals surface area contributed by atoms with Crippen molar-refractivity contribution in [2.24, 2.45) is 5.73 Å². The largest absolute Gasteiger partial charge is 0.497 e. The molecule has 1 aliphatic rings. The van der Waals surface area contributed by atoms with E-state index in [0.717, 1.165) is 12.2 Å². The molecule has 0 radical (unpaired) electrons. The summed E-state index contributed by atoms with van der Waals surface area (Å²) >= 11 is 0. The number of ether oxygens (including phenoxy) is 1. The maximum absolute atomic E-state index is 5.62. The first-order valence-corrected chi connectivity index (χ1v) is 4.41. The molecule has 13 heavy (non-hydrogen) atoms. The zero-order chi connectivity index (χ0) is 9.26. The summed E-state index contributed by atoms with van der Waals surface area (Å²) in [5, 5.41) is 0. The van der Waals surface area contributed by atoms with Crippen LogP contribution in [0.15, 0.2) is 24.3 Å². The van der Waals surface area contributed by atoms with Crippen LogP contribution in [0.3, 0.4) is 0 Å². The van der Waals surface area contributed by atoms with Gasteiger partial charge in [-0.2, -0.15) is 0 Å². The summed E-state index contributed by atoms with van der Waals surface area (Å²) in [4.78, 5) is 0. The number of benzene rings is 1. The highest BCUT2D eigenvalue weighted by atomic mass is 16.5. The molecule has 1 aliphatic carbocycles. The van der Waals surface area contributed by atoms with Crippen LogP contribution in [0.2, 0.25) is 0 Å². The smallest absolute Gasteiger partial charge is 0.119 e. The minimum absolute atomic E-state index is 0.624. The summed E-state index contributed by atoms with van der Waals surface area (Å²) in [5.41, 5.74) is 9.47. The standard InChI is InChI=1S/C11H13NO/c1-13-10-4-5-11-8(6-10)2-3-9(11)7-12/h3-6H,2,7,12H2,1H3. The maximum Gasteiger partial charge on any atom is 0.119 e. The van der Waals surface area contributed by atoms with Gasteiger partial charge in [0, 0.05) is 6.54 Å². The van der Waals surface area contributed by atoms with E-state index in [1.165, 1.54) is 16.7 Å². The molecule has 2 nitrogen and oxygen atoms in total. The summed E-state index contributed by atoms with van der Waals surface area (Å²) in [6, 6.07) is 6.14. The Bertz CT molecular complexity index is 355. The average Bonchev–Trinajstić information content (AvgIpc) is 2.59. The molecular weight excluding hydrogens is 162 g/mol. The predicted octanol–water partition coefficient (Wildman–Crippen LogP) is 1.59. The quantitative estimate of drug-likeness (QED) is 0.740. The van der Waals surface area contributed by atoms with Crippen molar-refractivity contribution in [3.63, 3.8) is 0 Å². The lowest BCUT2D eigenvalue weighted by molar-refractivity contribution is 0.414. The molecule has 0 aromatic heterocycles. The van der Waals surface area contributed by atoms with Crippen LogP contribution < -0.4 is 10.5 Å². The zero-order valence-electron chi connectivity index (χ0n) is 7.71. The van der Waals surface area contributed by atoms with Crippen LogP contribution in [0.1, 0.15) is 11.1 Å². The van der Waals surface area contributed by atoms with Gasteiger partial charge in [0.15, 0.2) is 0 Å². The van der Waals surface area contributed by atoms with Crippen LogP contribution in [-0.4, -0.2) is 13.7 Å². The lowest BCUT2D eigenvalue weighted by Crippen LogP contribution is -2.00. The van der Waals surface area contributed by atoms with E-state index in [-0.39, 0.29) is 0 Å². The number of allylic oxidation sites excluding steroid dienone is 1. The van der Waals surface area contributed by atoms with Gasteiger partial charge >= 0.3 is 0 Å². The van der Waals surface area contributed by atoms with E-state index in [1.807, 2.05) is 6.07 Å². The lowest BCUT2D eigenvalue weighted by Gasteiger charge is -2.05. The Morgan fingerprint density at radius 2 is 2.31 bits per heavy atom. The summed E-state index contributed by atoms with van der Waals surface area (Å²) in [7, 11) is 1.69. The monoisotopic (exact) mass is 175 g/mol. The molecule has 0 fully saturated rings. The van der Waals surface area contributed by atoms with Crippen molar-refractivity contribution in [2.45, 2.75) is 6.42 Å². The first-order chi connectivity index (χ1) is 6.35. The van der Waals surface area contributed by atoms with Gasteiger partial charge in [0.05, 0.1) is 7.11 Å². The van der Waals surface area contributed by atoms with Crippen molar-refractivity contribution in [1.82, 2.24) is 0 Å². The van der Waals surface area contributed by atoms with Gasteiger partial charge in [0.2, 0.25) is 0 Å². The molecule has 0 atom stereocenters. The van der Waals surface area contributed by atoms with E-state index >= 15 is 0 Å². The van der Waals surface area contributed by atoms with Crippen LogP contribution >= 0.6 is 0 Å². The Balaban J connectivity index is 2.40. The Kier molecular flexibility index (Phi) is 2.07. The van der Waals surface area contributed by atoms with Crippen LogP contribution in [-0.2, 0) is 6.42 Å². The molecule has 0 heterocycles. The number of methoxy groups -OCH3 is 1. The molecule has 2 heteroatoms. The topological polar surface area (TPSA) is 35.2 Å². The van der Waals surface area contributed by atoms with Crippen LogP contribution in [0.25, 0.3) is 5.57 Å². The third kappa shape index (κ3) is 1.33. The van der Waals surface area contributed by atoms with E-state index in [1.54, 1.807) is 7.11 Å². The molecular formula is C11H13NO. The minimum atomic E-state index is 0.624. The maximum atomic E-state index is 5.62. The zero-order valence-corrected chi connectivity index (χ0v) is 7.71. The highest BCUT2D eigenvalue weighted by molar-refractivity contribution is 5.74. The molecule has 68 valence electrons. The van der Waals surface area contributed by atoms with Gasteiger partial charge in [0.1, 0.15) is 5.75 Å². The van der Waals surface area contributed by atoms with Gasteiger partial charge in [-0.25, -0.2) is 0 Å². The fourth-order valence-corrected chi connectivity index (χ4v) is 1.72. The summed E-state index contributed by atoms with van der Waals surface area (Å²) < 4.78 is 5.15. The Morgan fingerprint density at radius 1 is 1.46 bits per heavy atom. The Hall–Kier alpha value is -1.28. The van der Waals surface area contributed by atoms with E-state index in [9.17, 15) is 0 Å². The van der Waals surface area contributed by atoms with E-state index in [4.69, 9.17) is 10.5 Å². The molecule has 1 aromatic carbocycles. The third-order valence-corrected chi connectivity index (χ3v) is 2.45. The van der Waals surface area contributed by atoms with Crippen molar-refractivity contribution in [3.8, 4) is 5.75 Å². The van der Waals surface area contributed by atoms with Gasteiger partial charge in [-0.05, 0) is 35.3 Å². The van der Waals surface area contributed by atoms with Crippen LogP contribution in [0, 0.1) is 0 Å². The van der Waals surface area contributed by atoms with Crippen LogP contribution in [0.4, 0.5) is 0 Å². The van der Waals surface area contributed by atoms with Crippen molar-refractivity contribution in [3.05, 3.63) is 35.4 Å². The highest BCUT2D eigenvalue weighted by Crippen LogP contribution is 2.29. The molecule has 0 unspecified atom stereocenters. The Morgan fingerprint density at radius 3 is 3.00 bits per heavy atom. The van der Waals surface area contributed by atoms with Gasteiger partial charge in [-0.1, -0.05) is 12.1 Å². The third-order valence-electron chi connectivity index (χ3n) is 2.45. The van der Waals surface area contributed by atoms with Crippen LogP contribution in [0.5, 0.6) is 5.75 Å². The first-order valence-electron chi connectivity index (χ1n) is 4.41. The number of fused-ring (bicyclic) bond motifs is 1. The fourth-order valence-electron chi connectivity index (χ4n) is 1.72. The number of nitrogens with two attached hydrogens (primary N) is 1. The number of hydrogen-bond acceptors (Lipinski definition) is 2. The van der Waals surface area contributed by atoms with E-state index < -0.39 is 0 Å². The van der Waals surface area contributed by atoms with E-state index in [2.05, 4.69) is 18.2 Å². The second-order valence-electron chi connectivity index (χ2n) is 3.16. The minimum Gasteiger partial charge on any atom is -0.497 e. The van der Waals surface area contributed by atoms with Crippen molar-refractivity contribution in [1.29, 1.82) is 0 Å². The average molecular weight is 175 g/mol. The number of hydrogen-bond donors (Lipinski definition) is 1. The first kappa shape index (κ1) is 8.32. The van der Waals surface area contributed by atoms with Crippen molar-refractivity contribution < 1.29 is 4.74 Å². The second kappa shape index (κ2) is 3.23. The Labute approximate surface area is 78.0 Å². The van der Waals surface area contributed by atoms with Gasteiger partial charge < -0.3 is 10.5 Å².